The molecule has 0 bridgehead atoms. The van der Waals surface area contributed by atoms with Crippen molar-refractivity contribution in [2.45, 2.75) is 6.42 Å². The summed E-state index contributed by atoms with van der Waals surface area (Å²) in [6.07, 6.45) is 1.13. The van der Waals surface area contributed by atoms with Gasteiger partial charge in [0.2, 0.25) is 0 Å². The number of hydrogen-bond donors (Lipinski definition) is 2. The first-order valence-electron chi connectivity index (χ1n) is 9.26. The van der Waals surface area contributed by atoms with E-state index in [4.69, 9.17) is 28.8 Å². The van der Waals surface area contributed by atoms with Crippen LogP contribution >= 0.6 is 0 Å². The maximum Gasteiger partial charge on any atom is 0.306 e. The van der Waals surface area contributed by atoms with Crippen LogP contribution in [-0.4, -0.2) is 54.5 Å². The van der Waals surface area contributed by atoms with Crippen LogP contribution in [-0.2, 0) is 14.8 Å². The van der Waals surface area contributed by atoms with E-state index >= 15 is 0 Å². The Kier molecular flexibility index (Phi) is 8.59. The van der Waals surface area contributed by atoms with E-state index in [-0.39, 0.29) is 24.5 Å². The van der Waals surface area contributed by atoms with E-state index in [0.29, 0.717) is 28.6 Å². The minimum atomic E-state index is -3.93. The van der Waals surface area contributed by atoms with Crippen LogP contribution in [0.25, 0.3) is 6.08 Å². The molecule has 0 atom stereocenters. The number of aliphatic carboxylic acids is 1. The first-order chi connectivity index (χ1) is 15.2. The molecule has 0 heterocycles. The third-order valence-electron chi connectivity index (χ3n) is 4.16. The van der Waals surface area contributed by atoms with Crippen molar-refractivity contribution in [1.29, 1.82) is 0 Å². The fourth-order valence-electron chi connectivity index (χ4n) is 2.65. The molecule has 0 radical (unpaired) electrons. The number of hydrogen-bond acceptors (Lipinski definition) is 8. The lowest BCUT2D eigenvalue weighted by Crippen LogP contribution is -2.10. The fourth-order valence-corrected chi connectivity index (χ4v) is 3.49. The zero-order valence-corrected chi connectivity index (χ0v) is 18.9. The Balaban J connectivity index is 2.27. The van der Waals surface area contributed by atoms with Crippen molar-refractivity contribution >= 4 is 27.8 Å². The lowest BCUT2D eigenvalue weighted by Gasteiger charge is -2.13. The first-order valence-corrected chi connectivity index (χ1v) is 10.8. The second-order valence-electron chi connectivity index (χ2n) is 6.25. The molecular weight excluding hydrogens is 442 g/mol. The van der Waals surface area contributed by atoms with Gasteiger partial charge in [-0.3, -0.25) is 9.52 Å². The minimum absolute atomic E-state index is 0.0984. The van der Waals surface area contributed by atoms with Gasteiger partial charge in [0, 0.05) is 18.2 Å². The number of sulfonamides is 1. The predicted octanol–water partition coefficient (Wildman–Crippen LogP) is 2.99. The number of benzene rings is 2. The van der Waals surface area contributed by atoms with Crippen LogP contribution in [0.15, 0.2) is 35.7 Å². The van der Waals surface area contributed by atoms with Gasteiger partial charge in [0.25, 0.3) is 10.0 Å². The topological polar surface area (TPSA) is 130 Å². The van der Waals surface area contributed by atoms with Gasteiger partial charge in [0.15, 0.2) is 11.5 Å². The lowest BCUT2D eigenvalue weighted by atomic mass is 10.1. The number of rotatable bonds is 12. The van der Waals surface area contributed by atoms with E-state index in [1.54, 1.807) is 12.1 Å². The molecule has 0 saturated heterocycles. The third-order valence-corrected chi connectivity index (χ3v) is 5.18. The largest absolute Gasteiger partial charge is 0.496 e. The van der Waals surface area contributed by atoms with Crippen molar-refractivity contribution in [2.24, 2.45) is 0 Å². The summed E-state index contributed by atoms with van der Waals surface area (Å²) in [6, 6.07) is 7.61. The van der Waals surface area contributed by atoms with Gasteiger partial charge in [0.1, 0.15) is 17.2 Å². The van der Waals surface area contributed by atoms with E-state index in [9.17, 15) is 13.2 Å². The van der Waals surface area contributed by atoms with Crippen molar-refractivity contribution in [3.8, 4) is 28.7 Å². The summed E-state index contributed by atoms with van der Waals surface area (Å²) in [5.41, 5.74) is 0.614. The average molecular weight is 467 g/mol. The molecule has 0 spiro atoms. The molecule has 0 aliphatic carbocycles. The number of nitrogens with one attached hydrogen (secondary N) is 1. The molecule has 11 heteroatoms. The van der Waals surface area contributed by atoms with Gasteiger partial charge < -0.3 is 28.8 Å². The normalized spacial score (nSPS) is 11.1. The maximum absolute atomic E-state index is 12.6. The first kappa shape index (κ1) is 24.7. The van der Waals surface area contributed by atoms with Gasteiger partial charge in [-0.05, 0) is 18.2 Å². The average Bonchev–Trinajstić information content (AvgIpc) is 2.76. The highest BCUT2D eigenvalue weighted by Crippen LogP contribution is 2.35. The molecular formula is C21H25NO9S. The molecule has 2 aromatic carbocycles. The van der Waals surface area contributed by atoms with Gasteiger partial charge in [-0.1, -0.05) is 0 Å². The van der Waals surface area contributed by atoms with E-state index in [2.05, 4.69) is 4.72 Å². The van der Waals surface area contributed by atoms with Crippen LogP contribution in [0, 0.1) is 0 Å². The predicted molar refractivity (Wildman–Crippen MR) is 118 cm³/mol. The monoisotopic (exact) mass is 467 g/mol. The lowest BCUT2D eigenvalue weighted by molar-refractivity contribution is -0.137. The van der Waals surface area contributed by atoms with Crippen LogP contribution in [0.2, 0.25) is 0 Å². The number of carboxylic acid groups (broad SMARTS) is 1. The molecule has 2 aromatic rings. The number of ether oxygens (including phenoxy) is 5. The summed E-state index contributed by atoms with van der Waals surface area (Å²) in [5, 5.41) is 9.71. The van der Waals surface area contributed by atoms with Crippen LogP contribution < -0.4 is 28.4 Å². The van der Waals surface area contributed by atoms with Gasteiger partial charge in [-0.2, -0.15) is 0 Å². The maximum atomic E-state index is 12.6. The van der Waals surface area contributed by atoms with E-state index < -0.39 is 16.0 Å². The van der Waals surface area contributed by atoms with Crippen LogP contribution in [0.4, 0.5) is 5.69 Å². The second kappa shape index (κ2) is 11.1. The number of carbonyl (C=O) groups is 1. The standard InChI is InChI=1S/C21H25NO9S/c1-27-15-12-18(29-3)16(19(13-15)30-4)8-10-32(25,26)22-14-5-6-17(28-2)20(11-14)31-9-7-21(23)24/h5-6,8,10-13,22H,7,9H2,1-4H3,(H,23,24)/b10-8+. The summed E-state index contributed by atoms with van der Waals surface area (Å²) in [6.45, 7) is -0.0984. The molecule has 0 aliphatic rings. The summed E-state index contributed by atoms with van der Waals surface area (Å²) in [7, 11) is 1.87. The van der Waals surface area contributed by atoms with Crippen molar-refractivity contribution in [1.82, 2.24) is 0 Å². The van der Waals surface area contributed by atoms with Gasteiger partial charge in [0.05, 0.1) is 58.1 Å². The highest BCUT2D eigenvalue weighted by Gasteiger charge is 2.14. The van der Waals surface area contributed by atoms with Crippen molar-refractivity contribution < 1.29 is 42.0 Å². The van der Waals surface area contributed by atoms with Crippen LogP contribution in [0.5, 0.6) is 28.7 Å². The summed E-state index contributed by atoms with van der Waals surface area (Å²) < 4.78 is 54.0. The molecule has 0 amide bonds. The molecule has 174 valence electrons. The third kappa shape index (κ3) is 6.71. The van der Waals surface area contributed by atoms with E-state index in [1.165, 1.54) is 52.7 Å². The fraction of sp³-hybridized carbons (Fsp3) is 0.286. The zero-order chi connectivity index (χ0) is 23.7. The van der Waals surface area contributed by atoms with Gasteiger partial charge in [-0.15, -0.1) is 0 Å². The number of carboxylic acids is 1. The quantitative estimate of drug-likeness (QED) is 0.484. The smallest absolute Gasteiger partial charge is 0.306 e. The Bertz CT molecular complexity index is 1060. The molecule has 2 rings (SSSR count). The Labute approximate surface area is 186 Å². The highest BCUT2D eigenvalue weighted by molar-refractivity contribution is 7.95. The minimum Gasteiger partial charge on any atom is -0.496 e. The molecule has 0 unspecified atom stereocenters. The Morgan fingerprint density at radius 2 is 1.56 bits per heavy atom. The molecule has 0 aromatic heterocycles. The number of methoxy groups -OCH3 is 4. The second-order valence-corrected chi connectivity index (χ2v) is 7.82. The van der Waals surface area contributed by atoms with E-state index in [1.807, 2.05) is 0 Å². The highest BCUT2D eigenvalue weighted by atomic mass is 32.2. The van der Waals surface area contributed by atoms with E-state index in [0.717, 1.165) is 5.41 Å². The summed E-state index contributed by atoms with van der Waals surface area (Å²) in [4.78, 5) is 10.7. The van der Waals surface area contributed by atoms with Crippen molar-refractivity contribution in [3.63, 3.8) is 0 Å². The molecule has 10 nitrogen and oxygen atoms in total. The molecule has 0 aliphatic heterocycles. The molecule has 0 saturated carbocycles. The van der Waals surface area contributed by atoms with Crippen LogP contribution in [0.1, 0.15) is 12.0 Å². The van der Waals surface area contributed by atoms with Gasteiger partial charge >= 0.3 is 5.97 Å². The SMILES string of the molecule is COc1cc(OC)c(/C=C/S(=O)(=O)Nc2ccc(OC)c(OCCC(=O)O)c2)c(OC)c1. The zero-order valence-electron chi connectivity index (χ0n) is 18.1. The van der Waals surface area contributed by atoms with Crippen molar-refractivity contribution in [2.75, 3.05) is 39.8 Å². The summed E-state index contributed by atoms with van der Waals surface area (Å²) >= 11 is 0. The molecule has 0 fully saturated rings. The Hall–Kier alpha value is -3.60. The molecule has 2 N–H and O–H groups in total. The number of anilines is 1. The van der Waals surface area contributed by atoms with Gasteiger partial charge in [-0.25, -0.2) is 8.42 Å². The van der Waals surface area contributed by atoms with Crippen LogP contribution in [0.3, 0.4) is 0 Å². The summed E-state index contributed by atoms with van der Waals surface area (Å²) in [5.74, 6) is 0.747. The Morgan fingerprint density at radius 3 is 2.09 bits per heavy atom. The Morgan fingerprint density at radius 1 is 0.938 bits per heavy atom. The molecule has 32 heavy (non-hydrogen) atoms. The van der Waals surface area contributed by atoms with Crippen molar-refractivity contribution in [3.05, 3.63) is 41.3 Å².